The average molecular weight is 365 g/mol. The maximum absolute atomic E-state index is 12.5. The van der Waals surface area contributed by atoms with Gasteiger partial charge in [0.25, 0.3) is 0 Å². The molecule has 2 fully saturated rings. The van der Waals surface area contributed by atoms with Gasteiger partial charge in [-0.05, 0) is 37.5 Å². The number of benzene rings is 1. The van der Waals surface area contributed by atoms with E-state index in [1.807, 2.05) is 41.8 Å². The number of aromatic amines is 1. The summed E-state index contributed by atoms with van der Waals surface area (Å²) in [5.41, 5.74) is 2.78. The smallest absolute Gasteiger partial charge is 0.228 e. The molecule has 8 nitrogen and oxygen atoms in total. The highest BCUT2D eigenvalue weighted by molar-refractivity contribution is 5.85. The lowest BCUT2D eigenvalue weighted by molar-refractivity contribution is -0.135. The molecule has 0 unspecified atom stereocenters. The summed E-state index contributed by atoms with van der Waals surface area (Å²) in [6.07, 6.45) is 4.45. The lowest BCUT2D eigenvalue weighted by Crippen LogP contribution is -2.44. The highest BCUT2D eigenvalue weighted by Gasteiger charge is 2.47. The van der Waals surface area contributed by atoms with Crippen LogP contribution < -0.4 is 4.90 Å². The summed E-state index contributed by atoms with van der Waals surface area (Å²) in [6, 6.07) is 6.06. The maximum Gasteiger partial charge on any atom is 0.228 e. The third kappa shape index (κ3) is 2.43. The number of carbonyl (C=O) groups excluding carboxylic acids is 1. The molecule has 0 radical (unpaired) electrons. The van der Waals surface area contributed by atoms with Crippen LogP contribution in [0, 0.1) is 5.41 Å². The van der Waals surface area contributed by atoms with Crippen LogP contribution in [0.4, 0.5) is 5.95 Å². The van der Waals surface area contributed by atoms with Gasteiger partial charge in [0.1, 0.15) is 0 Å². The summed E-state index contributed by atoms with van der Waals surface area (Å²) in [5.74, 6) is 2.01. The number of nitrogens with zero attached hydrogens (tertiary/aromatic N) is 6. The van der Waals surface area contributed by atoms with Crippen molar-refractivity contribution in [2.24, 2.45) is 12.5 Å². The Morgan fingerprint density at radius 3 is 2.59 bits per heavy atom. The van der Waals surface area contributed by atoms with E-state index in [2.05, 4.69) is 25.1 Å². The monoisotopic (exact) mass is 365 g/mol. The van der Waals surface area contributed by atoms with E-state index in [1.165, 1.54) is 0 Å². The number of aromatic nitrogens is 5. The molecule has 0 aliphatic carbocycles. The highest BCUT2D eigenvalue weighted by Crippen LogP contribution is 2.41. The molecule has 3 aromatic rings. The van der Waals surface area contributed by atoms with Crippen molar-refractivity contribution < 1.29 is 4.79 Å². The number of hydrogen-bond acceptors (Lipinski definition) is 5. The molecule has 2 aromatic heterocycles. The SMILES string of the molecule is CN1CCC2(CCN(c3nnc(-c4ccc5nc[nH]c5c4)n3C)CC2)C1=O. The van der Waals surface area contributed by atoms with Crippen LogP contribution in [0.1, 0.15) is 19.3 Å². The second kappa shape index (κ2) is 5.80. The van der Waals surface area contributed by atoms with E-state index in [9.17, 15) is 4.79 Å². The lowest BCUT2D eigenvalue weighted by Gasteiger charge is -2.37. The van der Waals surface area contributed by atoms with Gasteiger partial charge in [0.05, 0.1) is 22.8 Å². The van der Waals surface area contributed by atoms with Crippen LogP contribution in [0.3, 0.4) is 0 Å². The van der Waals surface area contributed by atoms with Gasteiger partial charge in [0, 0.05) is 39.3 Å². The Balaban J connectivity index is 1.39. The topological polar surface area (TPSA) is 82.9 Å². The number of likely N-dealkylation sites (tertiary alicyclic amines) is 1. The van der Waals surface area contributed by atoms with E-state index in [0.717, 1.165) is 67.3 Å². The van der Waals surface area contributed by atoms with E-state index < -0.39 is 0 Å². The largest absolute Gasteiger partial charge is 0.345 e. The molecule has 8 heteroatoms. The third-order valence-corrected chi connectivity index (χ3v) is 6.26. The zero-order valence-corrected chi connectivity index (χ0v) is 15.6. The molecule has 1 aromatic carbocycles. The molecular formula is C19H23N7O. The number of fused-ring (bicyclic) bond motifs is 1. The van der Waals surface area contributed by atoms with Crippen molar-refractivity contribution in [2.45, 2.75) is 19.3 Å². The van der Waals surface area contributed by atoms with E-state index in [1.54, 1.807) is 6.33 Å². The summed E-state index contributed by atoms with van der Waals surface area (Å²) in [5, 5.41) is 8.88. The van der Waals surface area contributed by atoms with Gasteiger partial charge in [-0.25, -0.2) is 4.98 Å². The Morgan fingerprint density at radius 2 is 1.85 bits per heavy atom. The Kier molecular flexibility index (Phi) is 3.50. The van der Waals surface area contributed by atoms with Crippen LogP contribution in [0.5, 0.6) is 0 Å². The zero-order valence-electron chi connectivity index (χ0n) is 15.6. The van der Waals surface area contributed by atoms with Gasteiger partial charge in [0.2, 0.25) is 11.9 Å². The van der Waals surface area contributed by atoms with Crippen molar-refractivity contribution in [3.05, 3.63) is 24.5 Å². The van der Waals surface area contributed by atoms with Crippen molar-refractivity contribution in [2.75, 3.05) is 31.6 Å². The normalized spacial score (nSPS) is 19.6. The Morgan fingerprint density at radius 1 is 1.07 bits per heavy atom. The van der Waals surface area contributed by atoms with Gasteiger partial charge in [-0.15, -0.1) is 10.2 Å². The number of nitrogens with one attached hydrogen (secondary N) is 1. The van der Waals surface area contributed by atoms with E-state index in [0.29, 0.717) is 5.91 Å². The first-order valence-electron chi connectivity index (χ1n) is 9.41. The number of amides is 1. The van der Waals surface area contributed by atoms with Crippen molar-refractivity contribution in [1.29, 1.82) is 0 Å². The number of rotatable bonds is 2. The molecule has 140 valence electrons. The Hall–Kier alpha value is -2.90. The summed E-state index contributed by atoms with van der Waals surface area (Å²) < 4.78 is 2.04. The van der Waals surface area contributed by atoms with Gasteiger partial charge in [-0.3, -0.25) is 9.36 Å². The van der Waals surface area contributed by atoms with E-state index in [-0.39, 0.29) is 5.41 Å². The molecule has 4 heterocycles. The van der Waals surface area contributed by atoms with Crippen molar-refractivity contribution in [3.8, 4) is 11.4 Å². The number of H-pyrrole nitrogens is 1. The molecule has 2 aliphatic rings. The molecule has 0 bridgehead atoms. The van der Waals surface area contributed by atoms with Gasteiger partial charge >= 0.3 is 0 Å². The van der Waals surface area contributed by atoms with Gasteiger partial charge in [0.15, 0.2) is 5.82 Å². The molecule has 2 aliphatic heterocycles. The summed E-state index contributed by atoms with van der Waals surface area (Å²) in [6.45, 7) is 2.55. The number of imidazole rings is 1. The first kappa shape index (κ1) is 16.3. The molecule has 0 saturated carbocycles. The first-order chi connectivity index (χ1) is 13.1. The Bertz CT molecular complexity index is 1010. The van der Waals surface area contributed by atoms with Crippen LogP contribution in [0.25, 0.3) is 22.4 Å². The van der Waals surface area contributed by atoms with Crippen molar-refractivity contribution in [3.63, 3.8) is 0 Å². The minimum atomic E-state index is -0.154. The van der Waals surface area contributed by atoms with Gasteiger partial charge in [-0.2, -0.15) is 0 Å². The predicted octanol–water partition coefficient (Wildman–Crippen LogP) is 1.81. The highest BCUT2D eigenvalue weighted by atomic mass is 16.2. The molecule has 1 N–H and O–H groups in total. The number of anilines is 1. The van der Waals surface area contributed by atoms with Crippen LogP contribution in [0.15, 0.2) is 24.5 Å². The fourth-order valence-electron chi connectivity index (χ4n) is 4.52. The fourth-order valence-corrected chi connectivity index (χ4v) is 4.52. The van der Waals surface area contributed by atoms with Crippen LogP contribution in [0.2, 0.25) is 0 Å². The summed E-state index contributed by atoms with van der Waals surface area (Å²) >= 11 is 0. The van der Waals surface area contributed by atoms with Gasteiger partial charge < -0.3 is 14.8 Å². The van der Waals surface area contributed by atoms with Crippen LogP contribution in [-0.2, 0) is 11.8 Å². The zero-order chi connectivity index (χ0) is 18.6. The molecule has 27 heavy (non-hydrogen) atoms. The Labute approximate surface area is 157 Å². The van der Waals surface area contributed by atoms with E-state index in [4.69, 9.17) is 0 Å². The van der Waals surface area contributed by atoms with Crippen LogP contribution >= 0.6 is 0 Å². The summed E-state index contributed by atoms with van der Waals surface area (Å²) in [7, 11) is 3.91. The number of carbonyl (C=O) groups is 1. The standard InChI is InChI=1S/C19H23N7O/c1-24-8-5-19(17(24)27)6-9-26(10-7-19)18-23-22-16(25(18)2)13-3-4-14-15(11-13)21-12-20-14/h3-4,11-12H,5-10H2,1-2H3,(H,20,21). The first-order valence-corrected chi connectivity index (χ1v) is 9.41. The minimum absolute atomic E-state index is 0.154. The maximum atomic E-state index is 12.5. The number of piperidine rings is 1. The average Bonchev–Trinajstić information content (AvgIpc) is 3.37. The van der Waals surface area contributed by atoms with Gasteiger partial charge in [-0.1, -0.05) is 0 Å². The lowest BCUT2D eigenvalue weighted by atomic mass is 9.77. The fraction of sp³-hybridized carbons (Fsp3) is 0.474. The third-order valence-electron chi connectivity index (χ3n) is 6.26. The quantitative estimate of drug-likeness (QED) is 0.749. The molecule has 0 atom stereocenters. The number of hydrogen-bond donors (Lipinski definition) is 1. The second-order valence-corrected chi connectivity index (χ2v) is 7.76. The molecule has 2 saturated heterocycles. The predicted molar refractivity (Wildman–Crippen MR) is 102 cm³/mol. The van der Waals surface area contributed by atoms with Crippen molar-refractivity contribution in [1.82, 2.24) is 29.6 Å². The molecule has 1 amide bonds. The summed E-state index contributed by atoms with van der Waals surface area (Å²) in [4.78, 5) is 24.1. The second-order valence-electron chi connectivity index (χ2n) is 7.76. The van der Waals surface area contributed by atoms with Crippen molar-refractivity contribution >= 4 is 22.9 Å². The molecule has 5 rings (SSSR count). The van der Waals surface area contributed by atoms with E-state index >= 15 is 0 Å². The molecular weight excluding hydrogens is 342 g/mol. The molecule has 1 spiro atoms. The minimum Gasteiger partial charge on any atom is -0.345 e. The van der Waals surface area contributed by atoms with Crippen LogP contribution in [-0.4, -0.2) is 62.2 Å².